The molecule has 1 aliphatic carbocycles. The molecule has 222 valence electrons. The van der Waals surface area contributed by atoms with E-state index < -0.39 is 80.2 Å². The van der Waals surface area contributed by atoms with Crippen molar-refractivity contribution in [3.05, 3.63) is 101 Å². The summed E-state index contributed by atoms with van der Waals surface area (Å²) in [6.45, 7) is -1.74. The largest absolute Gasteiger partial charge is 0.430 e. The summed E-state index contributed by atoms with van der Waals surface area (Å²) < 4.78 is 157. The third-order valence-corrected chi connectivity index (χ3v) is 9.72. The molecule has 41 heavy (non-hydrogen) atoms. The number of rotatable bonds is 7. The standard InChI is InChI=1S/C27H21F9O4S/c28-18-8-10-20(11-9-18)41(38,39)24(13-12-19(37)14-24)16-4-6-17(7-5-16)25(26(31,32)33,27(34,35)36)40-15-21-22(29)2-1-3-23(21)30/h1-11,19,37H,12-15H2/t19-,24-/m1/s1. The topological polar surface area (TPSA) is 63.6 Å². The van der Waals surface area contributed by atoms with Gasteiger partial charge in [0.15, 0.2) is 9.84 Å². The third kappa shape index (κ3) is 5.21. The van der Waals surface area contributed by atoms with Gasteiger partial charge in [-0.15, -0.1) is 0 Å². The van der Waals surface area contributed by atoms with Crippen LogP contribution in [-0.4, -0.2) is 32.0 Å². The van der Waals surface area contributed by atoms with Gasteiger partial charge in [-0.1, -0.05) is 30.3 Å². The summed E-state index contributed by atoms with van der Waals surface area (Å²) in [6.07, 6.45) is -14.2. The lowest BCUT2D eigenvalue weighted by molar-refractivity contribution is -0.392. The second-order valence-electron chi connectivity index (χ2n) is 9.59. The van der Waals surface area contributed by atoms with E-state index in [9.17, 15) is 53.0 Å². The van der Waals surface area contributed by atoms with Crippen molar-refractivity contribution in [2.45, 2.75) is 59.6 Å². The van der Waals surface area contributed by atoms with Gasteiger partial charge in [0.05, 0.1) is 17.6 Å². The van der Waals surface area contributed by atoms with Crippen LogP contribution in [0.25, 0.3) is 0 Å². The van der Waals surface area contributed by atoms with E-state index in [1.165, 1.54) is 0 Å². The first kappa shape index (κ1) is 30.8. The van der Waals surface area contributed by atoms with Crippen LogP contribution in [0.5, 0.6) is 0 Å². The van der Waals surface area contributed by atoms with Gasteiger partial charge in [-0.3, -0.25) is 0 Å². The van der Waals surface area contributed by atoms with Gasteiger partial charge in [-0.05, 0) is 61.2 Å². The van der Waals surface area contributed by atoms with Crippen LogP contribution in [-0.2, 0) is 31.5 Å². The smallest absolute Gasteiger partial charge is 0.393 e. The number of ether oxygens (including phenoxy) is 1. The molecule has 0 spiro atoms. The molecular formula is C27H21F9O4S. The van der Waals surface area contributed by atoms with Crippen molar-refractivity contribution >= 4 is 9.84 Å². The molecular weight excluding hydrogens is 591 g/mol. The van der Waals surface area contributed by atoms with Crippen molar-refractivity contribution in [1.82, 2.24) is 0 Å². The highest BCUT2D eigenvalue weighted by molar-refractivity contribution is 7.92. The first-order valence-corrected chi connectivity index (χ1v) is 13.4. The molecule has 3 aromatic carbocycles. The molecule has 0 aromatic heterocycles. The average molecular weight is 613 g/mol. The van der Waals surface area contributed by atoms with E-state index >= 15 is 0 Å². The lowest BCUT2D eigenvalue weighted by Gasteiger charge is -2.38. The maximum atomic E-state index is 14.2. The van der Waals surface area contributed by atoms with Crippen LogP contribution >= 0.6 is 0 Å². The fourth-order valence-electron chi connectivity index (χ4n) is 5.08. The Balaban J connectivity index is 1.83. The molecule has 2 atom stereocenters. The molecule has 14 heteroatoms. The zero-order valence-corrected chi connectivity index (χ0v) is 21.6. The van der Waals surface area contributed by atoms with Gasteiger partial charge in [-0.2, -0.15) is 26.3 Å². The van der Waals surface area contributed by atoms with Crippen molar-refractivity contribution in [2.75, 3.05) is 0 Å². The van der Waals surface area contributed by atoms with Crippen molar-refractivity contribution in [1.29, 1.82) is 0 Å². The molecule has 0 unspecified atom stereocenters. The Hall–Kier alpha value is -3.10. The minimum atomic E-state index is -6.18. The van der Waals surface area contributed by atoms with E-state index in [1.807, 2.05) is 0 Å². The number of benzene rings is 3. The van der Waals surface area contributed by atoms with E-state index in [0.717, 1.165) is 42.5 Å². The molecule has 1 saturated carbocycles. The molecule has 0 saturated heterocycles. The zero-order valence-electron chi connectivity index (χ0n) is 20.7. The maximum absolute atomic E-state index is 14.2. The van der Waals surface area contributed by atoms with Crippen molar-refractivity contribution in [3.63, 3.8) is 0 Å². The van der Waals surface area contributed by atoms with Gasteiger partial charge in [0, 0.05) is 11.1 Å². The lowest BCUT2D eigenvalue weighted by Crippen LogP contribution is -2.56. The summed E-state index contributed by atoms with van der Waals surface area (Å²) in [7, 11) is -4.45. The second kappa shape index (κ2) is 10.6. The van der Waals surface area contributed by atoms with Crippen LogP contribution in [0.3, 0.4) is 0 Å². The van der Waals surface area contributed by atoms with Gasteiger partial charge in [0.2, 0.25) is 0 Å². The van der Waals surface area contributed by atoms with Crippen LogP contribution < -0.4 is 0 Å². The first-order valence-electron chi connectivity index (χ1n) is 12.0. The molecule has 0 amide bonds. The monoisotopic (exact) mass is 612 g/mol. The van der Waals surface area contributed by atoms with Crippen LogP contribution in [0.4, 0.5) is 39.5 Å². The average Bonchev–Trinajstić information content (AvgIpc) is 3.28. The van der Waals surface area contributed by atoms with Gasteiger partial charge >= 0.3 is 12.4 Å². The predicted molar refractivity (Wildman–Crippen MR) is 126 cm³/mol. The Bertz CT molecular complexity index is 1470. The Morgan fingerprint density at radius 1 is 0.829 bits per heavy atom. The Kier molecular flexibility index (Phi) is 8.00. The lowest BCUT2D eigenvalue weighted by atomic mass is 9.88. The van der Waals surface area contributed by atoms with Gasteiger partial charge < -0.3 is 9.84 Å². The Morgan fingerprint density at radius 3 is 1.83 bits per heavy atom. The van der Waals surface area contributed by atoms with E-state index in [4.69, 9.17) is 0 Å². The second-order valence-corrected chi connectivity index (χ2v) is 11.9. The number of sulfone groups is 1. The highest BCUT2D eigenvalue weighted by Crippen LogP contribution is 2.54. The van der Waals surface area contributed by atoms with E-state index in [0.29, 0.717) is 24.3 Å². The summed E-state index contributed by atoms with van der Waals surface area (Å²) in [6, 6.07) is 8.02. The molecule has 4 rings (SSSR count). The number of hydrogen-bond donors (Lipinski definition) is 1. The normalized spacial score (nSPS) is 20.4. The van der Waals surface area contributed by atoms with Crippen molar-refractivity contribution < 1.29 is 57.8 Å². The van der Waals surface area contributed by atoms with Gasteiger partial charge in [0.25, 0.3) is 5.60 Å². The summed E-state index contributed by atoms with van der Waals surface area (Å²) in [5, 5.41) is 10.2. The van der Waals surface area contributed by atoms with E-state index in [2.05, 4.69) is 4.74 Å². The summed E-state index contributed by atoms with van der Waals surface area (Å²) in [5.74, 6) is -3.60. The highest BCUT2D eigenvalue weighted by atomic mass is 32.2. The number of alkyl halides is 6. The molecule has 1 fully saturated rings. The number of aliphatic hydroxyl groups excluding tert-OH is 1. The maximum Gasteiger partial charge on any atom is 0.430 e. The molecule has 0 radical (unpaired) electrons. The number of halogens is 9. The summed E-state index contributed by atoms with van der Waals surface area (Å²) in [5.41, 5.74) is -7.96. The van der Waals surface area contributed by atoms with Crippen LogP contribution in [0, 0.1) is 17.5 Å². The predicted octanol–water partition coefficient (Wildman–Crippen LogP) is 6.85. The van der Waals surface area contributed by atoms with E-state index in [1.54, 1.807) is 0 Å². The van der Waals surface area contributed by atoms with Crippen LogP contribution in [0.1, 0.15) is 36.0 Å². The molecule has 0 heterocycles. The van der Waals surface area contributed by atoms with Crippen LogP contribution in [0.15, 0.2) is 71.6 Å². The minimum Gasteiger partial charge on any atom is -0.393 e. The van der Waals surface area contributed by atoms with Crippen LogP contribution in [0.2, 0.25) is 0 Å². The fourth-order valence-corrected chi connectivity index (χ4v) is 7.27. The number of hydrogen-bond acceptors (Lipinski definition) is 4. The molecule has 1 aliphatic rings. The SMILES string of the molecule is O=S(=O)(c1ccc(F)cc1)[C@]1(c2ccc(C(OCc3c(F)cccc3F)(C(F)(F)F)C(F)(F)F)cc2)CC[C@@H](O)C1. The molecule has 0 aliphatic heterocycles. The first-order chi connectivity index (χ1) is 19.0. The Labute approximate surface area is 228 Å². The van der Waals surface area contributed by atoms with E-state index in [-0.39, 0.29) is 23.3 Å². The summed E-state index contributed by atoms with van der Waals surface area (Å²) in [4.78, 5) is -0.368. The van der Waals surface area contributed by atoms with Gasteiger partial charge in [-0.25, -0.2) is 21.6 Å². The third-order valence-electron chi connectivity index (χ3n) is 7.20. The van der Waals surface area contributed by atoms with Gasteiger partial charge in [0.1, 0.15) is 22.2 Å². The minimum absolute atomic E-state index is 0.0471. The van der Waals surface area contributed by atoms with Crippen molar-refractivity contribution in [3.8, 4) is 0 Å². The van der Waals surface area contributed by atoms with Crippen molar-refractivity contribution in [2.24, 2.45) is 0 Å². The molecule has 1 N–H and O–H groups in total. The quantitative estimate of drug-likeness (QED) is 0.234. The molecule has 3 aromatic rings. The highest BCUT2D eigenvalue weighted by Gasteiger charge is 2.73. The summed E-state index contributed by atoms with van der Waals surface area (Å²) >= 11 is 0. The molecule has 0 bridgehead atoms. The fraction of sp³-hybridized carbons (Fsp3) is 0.333. The molecule has 4 nitrogen and oxygen atoms in total. The Morgan fingerprint density at radius 2 is 1.37 bits per heavy atom. The number of aliphatic hydroxyl groups is 1. The zero-order chi connectivity index (χ0) is 30.4.